The number of aromatic nitrogens is 3. The van der Waals surface area contributed by atoms with Crippen LogP contribution in [-0.2, 0) is 9.59 Å². The second kappa shape index (κ2) is 5.73. The van der Waals surface area contributed by atoms with Crippen LogP contribution in [0.3, 0.4) is 0 Å². The molecule has 1 saturated carbocycles. The average Bonchev–Trinajstić information content (AvgIpc) is 3.00. The van der Waals surface area contributed by atoms with Crippen molar-refractivity contribution >= 4 is 11.7 Å². The first-order valence-corrected chi connectivity index (χ1v) is 8.51. The highest BCUT2D eigenvalue weighted by Gasteiger charge is 2.42. The van der Waals surface area contributed by atoms with E-state index in [1.54, 1.807) is 16.5 Å². The number of hydrogen-bond donors (Lipinski definition) is 0. The van der Waals surface area contributed by atoms with Crippen LogP contribution in [0, 0.1) is 5.41 Å². The van der Waals surface area contributed by atoms with Crippen molar-refractivity contribution in [3.8, 4) is 0 Å². The summed E-state index contributed by atoms with van der Waals surface area (Å²) in [6, 6.07) is -0.707. The SMILES string of the molecule is CC(=O)C1CCCN1C(=O)C(n1cc(C2CC2)nn1)C(C)(C)C. The minimum atomic E-state index is -0.428. The van der Waals surface area contributed by atoms with E-state index >= 15 is 0 Å². The smallest absolute Gasteiger partial charge is 0.248 e. The van der Waals surface area contributed by atoms with Gasteiger partial charge in [-0.25, -0.2) is 4.68 Å². The third-order valence-electron chi connectivity index (χ3n) is 4.85. The third-order valence-corrected chi connectivity index (χ3v) is 4.85. The van der Waals surface area contributed by atoms with Crippen LogP contribution in [0.1, 0.15) is 71.0 Å². The molecule has 0 bridgehead atoms. The molecular weight excluding hydrogens is 292 g/mol. The van der Waals surface area contributed by atoms with Crippen LogP contribution in [0.5, 0.6) is 0 Å². The maximum Gasteiger partial charge on any atom is 0.248 e. The molecule has 1 aromatic heterocycles. The van der Waals surface area contributed by atoms with Crippen LogP contribution in [0.25, 0.3) is 0 Å². The van der Waals surface area contributed by atoms with Crippen LogP contribution in [-0.4, -0.2) is 44.2 Å². The van der Waals surface area contributed by atoms with Gasteiger partial charge in [0.1, 0.15) is 6.04 Å². The van der Waals surface area contributed by atoms with Gasteiger partial charge in [-0.3, -0.25) is 9.59 Å². The Morgan fingerprint density at radius 3 is 2.52 bits per heavy atom. The number of nitrogens with zero attached hydrogens (tertiary/aromatic N) is 4. The Hall–Kier alpha value is -1.72. The average molecular weight is 318 g/mol. The van der Waals surface area contributed by atoms with E-state index in [4.69, 9.17) is 0 Å². The van der Waals surface area contributed by atoms with Gasteiger partial charge in [-0.2, -0.15) is 0 Å². The van der Waals surface area contributed by atoms with E-state index in [2.05, 4.69) is 10.3 Å². The van der Waals surface area contributed by atoms with Gasteiger partial charge in [-0.15, -0.1) is 5.10 Å². The highest BCUT2D eigenvalue weighted by Crippen LogP contribution is 2.40. The Labute approximate surface area is 137 Å². The zero-order chi connectivity index (χ0) is 16.8. The highest BCUT2D eigenvalue weighted by molar-refractivity contribution is 5.89. The standard InChI is InChI=1S/C17H26N4O2/c1-11(22)14-6-5-9-20(14)16(23)15(17(2,3)4)21-10-13(18-19-21)12-7-8-12/h10,12,14-15H,5-9H2,1-4H3. The molecule has 2 heterocycles. The first-order valence-electron chi connectivity index (χ1n) is 8.51. The van der Waals surface area contributed by atoms with Crippen molar-refractivity contribution in [2.45, 2.75) is 71.4 Å². The maximum atomic E-state index is 13.2. The van der Waals surface area contributed by atoms with E-state index in [1.807, 2.05) is 27.0 Å². The van der Waals surface area contributed by atoms with Crippen LogP contribution >= 0.6 is 0 Å². The van der Waals surface area contributed by atoms with Gasteiger partial charge in [0.25, 0.3) is 0 Å². The van der Waals surface area contributed by atoms with Crippen LogP contribution in [0.15, 0.2) is 6.20 Å². The van der Waals surface area contributed by atoms with Gasteiger partial charge in [0, 0.05) is 18.7 Å². The van der Waals surface area contributed by atoms with Crippen molar-refractivity contribution in [2.24, 2.45) is 5.41 Å². The number of hydrogen-bond acceptors (Lipinski definition) is 4. The zero-order valence-corrected chi connectivity index (χ0v) is 14.5. The predicted octanol–water partition coefficient (Wildman–Crippen LogP) is 2.32. The van der Waals surface area contributed by atoms with E-state index in [1.165, 1.54) is 0 Å². The summed E-state index contributed by atoms with van der Waals surface area (Å²) >= 11 is 0. The molecule has 1 aliphatic heterocycles. The fourth-order valence-corrected chi connectivity index (χ4v) is 3.47. The van der Waals surface area contributed by atoms with Crippen molar-refractivity contribution in [3.05, 3.63) is 11.9 Å². The summed E-state index contributed by atoms with van der Waals surface area (Å²) in [6.07, 6.45) is 5.89. The molecule has 1 saturated heterocycles. The molecule has 0 aromatic carbocycles. The number of rotatable bonds is 4. The largest absolute Gasteiger partial charge is 0.331 e. The van der Waals surface area contributed by atoms with Crippen LogP contribution < -0.4 is 0 Å². The number of ketones is 1. The third kappa shape index (κ3) is 3.16. The van der Waals surface area contributed by atoms with Gasteiger partial charge in [0.2, 0.25) is 5.91 Å². The molecule has 23 heavy (non-hydrogen) atoms. The van der Waals surface area contributed by atoms with Gasteiger partial charge >= 0.3 is 0 Å². The summed E-state index contributed by atoms with van der Waals surface area (Å²) in [5.41, 5.74) is 0.687. The Morgan fingerprint density at radius 1 is 1.26 bits per heavy atom. The monoisotopic (exact) mass is 318 g/mol. The van der Waals surface area contributed by atoms with Crippen LogP contribution in [0.2, 0.25) is 0 Å². The second-order valence-electron chi connectivity index (χ2n) is 7.97. The normalized spacial score (nSPS) is 23.1. The molecule has 1 aliphatic carbocycles. The maximum absolute atomic E-state index is 13.2. The Balaban J connectivity index is 1.89. The fraction of sp³-hybridized carbons (Fsp3) is 0.765. The van der Waals surface area contributed by atoms with Crippen LogP contribution in [0.4, 0.5) is 0 Å². The zero-order valence-electron chi connectivity index (χ0n) is 14.5. The molecule has 2 fully saturated rings. The van der Waals surface area contributed by atoms with Gasteiger partial charge in [-0.1, -0.05) is 26.0 Å². The van der Waals surface area contributed by atoms with Gasteiger partial charge in [0.05, 0.1) is 11.7 Å². The lowest BCUT2D eigenvalue weighted by atomic mass is 9.85. The fourth-order valence-electron chi connectivity index (χ4n) is 3.47. The minimum Gasteiger partial charge on any atom is -0.331 e. The summed E-state index contributed by atoms with van der Waals surface area (Å²) in [4.78, 5) is 26.8. The van der Waals surface area contributed by atoms with E-state index in [0.29, 0.717) is 12.5 Å². The minimum absolute atomic E-state index is 0.0116. The first-order chi connectivity index (χ1) is 10.8. The molecule has 0 N–H and O–H groups in total. The second-order valence-corrected chi connectivity index (χ2v) is 7.97. The number of amides is 1. The Kier molecular flexibility index (Phi) is 4.02. The summed E-state index contributed by atoms with van der Waals surface area (Å²) in [7, 11) is 0. The summed E-state index contributed by atoms with van der Waals surface area (Å²) in [5.74, 6) is 0.569. The predicted molar refractivity (Wildman–Crippen MR) is 85.9 cm³/mol. The van der Waals surface area contributed by atoms with E-state index in [-0.39, 0.29) is 23.1 Å². The number of Topliss-reactive ketones (excluding diaryl/α,β-unsaturated/α-hetero) is 1. The lowest BCUT2D eigenvalue weighted by Gasteiger charge is -2.34. The van der Waals surface area contributed by atoms with Crippen molar-refractivity contribution < 1.29 is 9.59 Å². The Morgan fingerprint density at radius 2 is 1.96 bits per heavy atom. The molecule has 1 amide bonds. The molecule has 2 aliphatic rings. The molecule has 0 radical (unpaired) electrons. The number of carbonyl (C=O) groups is 2. The lowest BCUT2D eigenvalue weighted by molar-refractivity contribution is -0.142. The molecular formula is C17H26N4O2. The lowest BCUT2D eigenvalue weighted by Crippen LogP contribution is -2.47. The van der Waals surface area contributed by atoms with Crippen molar-refractivity contribution in [3.63, 3.8) is 0 Å². The first kappa shape index (κ1) is 16.1. The van der Waals surface area contributed by atoms with Crippen molar-refractivity contribution in [1.82, 2.24) is 19.9 Å². The molecule has 0 spiro atoms. The summed E-state index contributed by atoms with van der Waals surface area (Å²) in [5, 5.41) is 8.49. The quantitative estimate of drug-likeness (QED) is 0.854. The van der Waals surface area contributed by atoms with Gasteiger partial charge < -0.3 is 4.90 Å². The summed E-state index contributed by atoms with van der Waals surface area (Å²) in [6.45, 7) is 8.33. The molecule has 2 unspecified atom stereocenters. The topological polar surface area (TPSA) is 68.1 Å². The summed E-state index contributed by atoms with van der Waals surface area (Å²) < 4.78 is 1.71. The molecule has 2 atom stereocenters. The van der Waals surface area contributed by atoms with Crippen molar-refractivity contribution in [1.29, 1.82) is 0 Å². The Bertz CT molecular complexity index is 612. The van der Waals surface area contributed by atoms with Gasteiger partial charge in [-0.05, 0) is 38.0 Å². The number of carbonyl (C=O) groups excluding carboxylic acids is 2. The van der Waals surface area contributed by atoms with E-state index in [0.717, 1.165) is 31.4 Å². The van der Waals surface area contributed by atoms with Crippen molar-refractivity contribution in [2.75, 3.05) is 6.54 Å². The molecule has 6 nitrogen and oxygen atoms in total. The highest BCUT2D eigenvalue weighted by atomic mass is 16.2. The molecule has 126 valence electrons. The van der Waals surface area contributed by atoms with E-state index in [9.17, 15) is 9.59 Å². The molecule has 6 heteroatoms. The molecule has 3 rings (SSSR count). The van der Waals surface area contributed by atoms with E-state index < -0.39 is 6.04 Å². The molecule has 1 aromatic rings. The van der Waals surface area contributed by atoms with Gasteiger partial charge in [0.15, 0.2) is 5.78 Å². The number of likely N-dealkylation sites (tertiary alicyclic amines) is 1.